The van der Waals surface area contributed by atoms with Crippen LogP contribution in [0.3, 0.4) is 0 Å². The third kappa shape index (κ3) is 4.22. The van der Waals surface area contributed by atoms with E-state index in [0.29, 0.717) is 12.1 Å². The van der Waals surface area contributed by atoms with Gasteiger partial charge in [-0.25, -0.2) is 0 Å². The molecule has 1 aromatic carbocycles. The Labute approximate surface area is 136 Å². The molecule has 2 fully saturated rings. The van der Waals surface area contributed by atoms with Gasteiger partial charge in [-0.2, -0.15) is 0 Å². The third-order valence-corrected chi connectivity index (χ3v) is 5.07. The van der Waals surface area contributed by atoms with Gasteiger partial charge in [-0.15, -0.1) is 0 Å². The summed E-state index contributed by atoms with van der Waals surface area (Å²) in [5.74, 6) is 0.0163. The van der Waals surface area contributed by atoms with Crippen LogP contribution in [0.2, 0.25) is 5.02 Å². The summed E-state index contributed by atoms with van der Waals surface area (Å²) in [6.45, 7) is 1.91. The third-order valence-electron chi connectivity index (χ3n) is 4.70. The van der Waals surface area contributed by atoms with Gasteiger partial charge in [0.15, 0.2) is 0 Å². The monoisotopic (exact) mass is 322 g/mol. The zero-order chi connectivity index (χ0) is 15.5. The fourth-order valence-electron chi connectivity index (χ4n) is 3.10. The molecule has 22 heavy (non-hydrogen) atoms. The Bertz CT molecular complexity index is 527. The number of carboxylic acids is 1. The number of halogens is 1. The number of benzene rings is 1. The number of rotatable bonds is 8. The SMILES string of the molecule is O=C(O)CN(CC1CC1)C1CC(NCc2ccccc2Cl)C1. The molecule has 0 spiro atoms. The predicted octanol–water partition coefficient (Wildman–Crippen LogP) is 2.76. The minimum atomic E-state index is -0.715. The molecule has 2 N–H and O–H groups in total. The van der Waals surface area contributed by atoms with E-state index in [1.807, 2.05) is 24.3 Å². The molecular formula is C17H23ClN2O2. The van der Waals surface area contributed by atoms with E-state index in [2.05, 4.69) is 10.2 Å². The highest BCUT2D eigenvalue weighted by atomic mass is 35.5. The highest BCUT2D eigenvalue weighted by Gasteiger charge is 2.36. The summed E-state index contributed by atoms with van der Waals surface area (Å²) in [5.41, 5.74) is 1.12. The van der Waals surface area contributed by atoms with Gasteiger partial charge in [-0.1, -0.05) is 29.8 Å². The van der Waals surface area contributed by atoms with E-state index >= 15 is 0 Å². The molecule has 3 rings (SSSR count). The molecular weight excluding hydrogens is 300 g/mol. The lowest BCUT2D eigenvalue weighted by Crippen LogP contribution is -2.54. The van der Waals surface area contributed by atoms with E-state index in [1.165, 1.54) is 12.8 Å². The fraction of sp³-hybridized carbons (Fsp3) is 0.588. The van der Waals surface area contributed by atoms with Crippen molar-refractivity contribution < 1.29 is 9.90 Å². The van der Waals surface area contributed by atoms with Crippen molar-refractivity contribution in [3.05, 3.63) is 34.9 Å². The second-order valence-electron chi connectivity index (χ2n) is 6.56. The number of hydrogen-bond donors (Lipinski definition) is 2. The van der Waals surface area contributed by atoms with Crippen molar-refractivity contribution in [2.75, 3.05) is 13.1 Å². The molecule has 0 amide bonds. The van der Waals surface area contributed by atoms with Crippen molar-refractivity contribution in [3.63, 3.8) is 0 Å². The van der Waals surface area contributed by atoms with E-state index in [9.17, 15) is 4.79 Å². The van der Waals surface area contributed by atoms with E-state index < -0.39 is 5.97 Å². The minimum absolute atomic E-state index is 0.179. The molecule has 0 heterocycles. The standard InChI is InChI=1S/C17H23ClN2O2/c18-16-4-2-1-3-13(16)9-19-14-7-15(8-14)20(11-17(21)22)10-12-5-6-12/h1-4,12,14-15,19H,5-11H2,(H,21,22). The first-order valence-corrected chi connectivity index (χ1v) is 8.42. The molecule has 120 valence electrons. The van der Waals surface area contributed by atoms with Gasteiger partial charge in [0.25, 0.3) is 0 Å². The van der Waals surface area contributed by atoms with Gasteiger partial charge < -0.3 is 10.4 Å². The summed E-state index contributed by atoms with van der Waals surface area (Å²) in [4.78, 5) is 13.2. The van der Waals surface area contributed by atoms with E-state index in [-0.39, 0.29) is 6.54 Å². The summed E-state index contributed by atoms with van der Waals surface area (Å²) in [5, 5.41) is 13.4. The largest absolute Gasteiger partial charge is 0.480 e. The summed E-state index contributed by atoms with van der Waals surface area (Å²) in [6.07, 6.45) is 4.59. The lowest BCUT2D eigenvalue weighted by Gasteiger charge is -2.43. The second kappa shape index (κ2) is 6.99. The minimum Gasteiger partial charge on any atom is -0.480 e. The number of aliphatic carboxylic acids is 1. The van der Waals surface area contributed by atoms with Gasteiger partial charge in [0.05, 0.1) is 6.54 Å². The maximum Gasteiger partial charge on any atom is 0.317 e. The van der Waals surface area contributed by atoms with Crippen molar-refractivity contribution in [2.45, 2.75) is 44.3 Å². The number of carbonyl (C=O) groups is 1. The highest BCUT2D eigenvalue weighted by Crippen LogP contribution is 2.33. The molecule has 2 saturated carbocycles. The van der Waals surface area contributed by atoms with Crippen molar-refractivity contribution in [3.8, 4) is 0 Å². The smallest absolute Gasteiger partial charge is 0.317 e. The molecule has 0 bridgehead atoms. The van der Waals surface area contributed by atoms with Crippen LogP contribution in [-0.4, -0.2) is 41.1 Å². The van der Waals surface area contributed by atoms with Gasteiger partial charge >= 0.3 is 5.97 Å². The number of carboxylic acid groups (broad SMARTS) is 1. The Morgan fingerprint density at radius 1 is 1.32 bits per heavy atom. The van der Waals surface area contributed by atoms with Crippen LogP contribution in [0.15, 0.2) is 24.3 Å². The van der Waals surface area contributed by atoms with Gasteiger partial charge in [-0.3, -0.25) is 9.69 Å². The predicted molar refractivity (Wildman–Crippen MR) is 87.0 cm³/mol. The Hall–Kier alpha value is -1.10. The Morgan fingerprint density at radius 3 is 2.68 bits per heavy atom. The number of nitrogens with zero attached hydrogens (tertiary/aromatic N) is 1. The van der Waals surface area contributed by atoms with Crippen LogP contribution in [0.1, 0.15) is 31.2 Å². The van der Waals surface area contributed by atoms with Gasteiger partial charge in [0.1, 0.15) is 0 Å². The fourth-order valence-corrected chi connectivity index (χ4v) is 3.30. The number of nitrogens with one attached hydrogen (secondary N) is 1. The van der Waals surface area contributed by atoms with Crippen LogP contribution in [0, 0.1) is 5.92 Å². The number of hydrogen-bond acceptors (Lipinski definition) is 3. The second-order valence-corrected chi connectivity index (χ2v) is 6.97. The molecule has 0 aromatic heterocycles. The van der Waals surface area contributed by atoms with Crippen LogP contribution in [0.4, 0.5) is 0 Å². The molecule has 0 radical (unpaired) electrons. The summed E-state index contributed by atoms with van der Waals surface area (Å²) in [6, 6.07) is 8.77. The quantitative estimate of drug-likeness (QED) is 0.772. The lowest BCUT2D eigenvalue weighted by molar-refractivity contribution is -0.139. The van der Waals surface area contributed by atoms with Crippen LogP contribution < -0.4 is 5.32 Å². The molecule has 0 unspecified atom stereocenters. The maximum absolute atomic E-state index is 11.0. The van der Waals surface area contributed by atoms with Crippen LogP contribution in [-0.2, 0) is 11.3 Å². The van der Waals surface area contributed by atoms with E-state index in [0.717, 1.165) is 42.4 Å². The average Bonchev–Trinajstić information content (AvgIpc) is 3.22. The van der Waals surface area contributed by atoms with Gasteiger partial charge in [0, 0.05) is 30.2 Å². The van der Waals surface area contributed by atoms with E-state index in [4.69, 9.17) is 16.7 Å². The summed E-state index contributed by atoms with van der Waals surface area (Å²) < 4.78 is 0. The normalized spacial score (nSPS) is 24.3. The van der Waals surface area contributed by atoms with Crippen LogP contribution in [0.5, 0.6) is 0 Å². The van der Waals surface area contributed by atoms with Crippen molar-refractivity contribution in [1.82, 2.24) is 10.2 Å². The Balaban J connectivity index is 1.44. The Morgan fingerprint density at radius 2 is 2.05 bits per heavy atom. The van der Waals surface area contributed by atoms with Gasteiger partial charge in [0.2, 0.25) is 0 Å². The van der Waals surface area contributed by atoms with E-state index in [1.54, 1.807) is 0 Å². The van der Waals surface area contributed by atoms with Crippen molar-refractivity contribution in [1.29, 1.82) is 0 Å². The average molecular weight is 323 g/mol. The summed E-state index contributed by atoms with van der Waals surface area (Å²) in [7, 11) is 0. The first-order chi connectivity index (χ1) is 10.6. The molecule has 2 aliphatic rings. The molecule has 5 heteroatoms. The topological polar surface area (TPSA) is 52.6 Å². The summed E-state index contributed by atoms with van der Waals surface area (Å²) >= 11 is 6.16. The van der Waals surface area contributed by atoms with Gasteiger partial charge in [-0.05, 0) is 43.2 Å². The highest BCUT2D eigenvalue weighted by molar-refractivity contribution is 6.31. The lowest BCUT2D eigenvalue weighted by atomic mass is 9.85. The molecule has 1 aromatic rings. The molecule has 0 aliphatic heterocycles. The molecule has 2 aliphatic carbocycles. The molecule has 0 atom stereocenters. The maximum atomic E-state index is 11.0. The van der Waals surface area contributed by atoms with Crippen LogP contribution >= 0.6 is 11.6 Å². The van der Waals surface area contributed by atoms with Crippen molar-refractivity contribution in [2.24, 2.45) is 5.92 Å². The first kappa shape index (κ1) is 15.8. The first-order valence-electron chi connectivity index (χ1n) is 8.04. The Kier molecular flexibility index (Phi) is 5.01. The van der Waals surface area contributed by atoms with Crippen LogP contribution in [0.25, 0.3) is 0 Å². The molecule has 0 saturated heterocycles. The van der Waals surface area contributed by atoms with Crippen molar-refractivity contribution >= 4 is 17.6 Å². The zero-order valence-corrected chi connectivity index (χ0v) is 13.4. The zero-order valence-electron chi connectivity index (χ0n) is 12.7. The molecule has 4 nitrogen and oxygen atoms in total.